The van der Waals surface area contributed by atoms with Gasteiger partial charge in [-0.2, -0.15) is 4.31 Å². The number of nitro groups is 1. The van der Waals surface area contributed by atoms with Crippen molar-refractivity contribution < 1.29 is 23.2 Å². The molecule has 114 valence electrons. The highest BCUT2D eigenvalue weighted by Gasteiger charge is 2.33. The molecule has 1 heterocycles. The fourth-order valence-corrected chi connectivity index (χ4v) is 3.78. The molecule has 0 bridgehead atoms. The summed E-state index contributed by atoms with van der Waals surface area (Å²) in [6.45, 7) is 0.178. The zero-order valence-electron chi connectivity index (χ0n) is 11.0. The van der Waals surface area contributed by atoms with Crippen LogP contribution in [0.15, 0.2) is 29.2 Å². The number of hydrogen-bond donors (Lipinski definition) is 1. The second-order valence-corrected chi connectivity index (χ2v) is 6.73. The fourth-order valence-electron chi connectivity index (χ4n) is 2.25. The molecule has 1 unspecified atom stereocenters. The van der Waals surface area contributed by atoms with Gasteiger partial charge in [0.15, 0.2) is 0 Å². The molecule has 0 aromatic heterocycles. The fraction of sp³-hybridized carbons (Fsp3) is 0.417. The first kappa shape index (κ1) is 15.4. The summed E-state index contributed by atoms with van der Waals surface area (Å²) in [5.74, 6) is -1.73. The highest BCUT2D eigenvalue weighted by molar-refractivity contribution is 7.89. The van der Waals surface area contributed by atoms with Crippen molar-refractivity contribution in [1.29, 1.82) is 0 Å². The van der Waals surface area contributed by atoms with E-state index < -0.39 is 26.8 Å². The van der Waals surface area contributed by atoms with Crippen molar-refractivity contribution in [2.45, 2.75) is 17.7 Å². The largest absolute Gasteiger partial charge is 0.481 e. The predicted octanol–water partition coefficient (Wildman–Crippen LogP) is 1.08. The first-order valence-electron chi connectivity index (χ1n) is 6.30. The van der Waals surface area contributed by atoms with Crippen LogP contribution in [0.5, 0.6) is 0 Å². The van der Waals surface area contributed by atoms with E-state index in [-0.39, 0.29) is 23.7 Å². The number of carbonyl (C=O) groups is 1. The molecule has 8 nitrogen and oxygen atoms in total. The normalized spacial score (nSPS) is 20.1. The lowest BCUT2D eigenvalue weighted by Crippen LogP contribution is -2.42. The van der Waals surface area contributed by atoms with E-state index in [1.54, 1.807) is 0 Å². The van der Waals surface area contributed by atoms with Gasteiger partial charge >= 0.3 is 5.97 Å². The van der Waals surface area contributed by atoms with Crippen molar-refractivity contribution in [1.82, 2.24) is 4.31 Å². The van der Waals surface area contributed by atoms with Crippen LogP contribution in [0.4, 0.5) is 5.69 Å². The average molecular weight is 314 g/mol. The van der Waals surface area contributed by atoms with E-state index >= 15 is 0 Å². The molecule has 1 aliphatic rings. The number of hydrogen-bond acceptors (Lipinski definition) is 5. The van der Waals surface area contributed by atoms with Crippen molar-refractivity contribution in [3.8, 4) is 0 Å². The molecule has 0 spiro atoms. The summed E-state index contributed by atoms with van der Waals surface area (Å²) in [5, 5.41) is 19.6. The quantitative estimate of drug-likeness (QED) is 0.656. The van der Waals surface area contributed by atoms with Crippen molar-refractivity contribution >= 4 is 21.7 Å². The summed E-state index contributed by atoms with van der Waals surface area (Å²) in [7, 11) is -3.82. The smallest absolute Gasteiger partial charge is 0.307 e. The maximum atomic E-state index is 12.4. The minimum Gasteiger partial charge on any atom is -0.481 e. The predicted molar refractivity (Wildman–Crippen MR) is 72.2 cm³/mol. The Balaban J connectivity index is 2.24. The number of carboxylic acid groups (broad SMARTS) is 1. The summed E-state index contributed by atoms with van der Waals surface area (Å²) >= 11 is 0. The average Bonchev–Trinajstić information content (AvgIpc) is 2.47. The van der Waals surface area contributed by atoms with Crippen molar-refractivity contribution in [3.05, 3.63) is 34.4 Å². The number of nitro benzene ring substituents is 1. The van der Waals surface area contributed by atoms with Crippen LogP contribution in [-0.2, 0) is 14.8 Å². The Hall–Kier alpha value is -2.00. The summed E-state index contributed by atoms with van der Waals surface area (Å²) in [6, 6.07) is 4.56. The number of aliphatic carboxylic acids is 1. The number of rotatable bonds is 4. The molecule has 0 amide bonds. The van der Waals surface area contributed by atoms with Gasteiger partial charge in [-0.25, -0.2) is 8.42 Å². The SMILES string of the molecule is O=C(O)C1CCCN(S(=O)(=O)c2ccc([N+](=O)[O-])cc2)C1. The third-order valence-electron chi connectivity index (χ3n) is 3.42. The molecule has 1 atom stereocenters. The number of sulfonamides is 1. The zero-order valence-corrected chi connectivity index (χ0v) is 11.8. The van der Waals surface area contributed by atoms with Crippen molar-refractivity contribution in [2.75, 3.05) is 13.1 Å². The van der Waals surface area contributed by atoms with Crippen LogP contribution in [0, 0.1) is 16.0 Å². The Labute approximate surface area is 121 Å². The third-order valence-corrected chi connectivity index (χ3v) is 5.30. The molecule has 1 aromatic rings. The zero-order chi connectivity index (χ0) is 15.6. The Morgan fingerprint density at radius 1 is 1.33 bits per heavy atom. The highest BCUT2D eigenvalue weighted by atomic mass is 32.2. The second-order valence-electron chi connectivity index (χ2n) is 4.79. The Morgan fingerprint density at radius 3 is 2.48 bits per heavy atom. The van der Waals surface area contributed by atoms with Gasteiger partial charge in [-0.05, 0) is 25.0 Å². The standard InChI is InChI=1S/C12H14N2O6S/c15-12(16)9-2-1-7-13(8-9)21(19,20)11-5-3-10(4-6-11)14(17)18/h3-6,9H,1-2,7-8H2,(H,15,16). The van der Waals surface area contributed by atoms with Crippen LogP contribution >= 0.6 is 0 Å². The minimum atomic E-state index is -3.82. The molecule has 1 aliphatic heterocycles. The molecular formula is C12H14N2O6S. The molecule has 1 N–H and O–H groups in total. The van der Waals surface area contributed by atoms with Gasteiger partial charge in [-0.1, -0.05) is 0 Å². The molecule has 9 heteroatoms. The number of non-ortho nitro benzene ring substituents is 1. The van der Waals surface area contributed by atoms with Gasteiger partial charge in [0.25, 0.3) is 5.69 Å². The van der Waals surface area contributed by atoms with E-state index in [9.17, 15) is 23.3 Å². The van der Waals surface area contributed by atoms with Gasteiger partial charge < -0.3 is 5.11 Å². The van der Waals surface area contributed by atoms with E-state index in [1.165, 1.54) is 0 Å². The maximum Gasteiger partial charge on any atom is 0.307 e. The first-order chi connectivity index (χ1) is 9.82. The lowest BCUT2D eigenvalue weighted by atomic mass is 10.0. The molecule has 1 aromatic carbocycles. The number of benzene rings is 1. The third kappa shape index (κ3) is 3.19. The van der Waals surface area contributed by atoms with Crippen LogP contribution in [0.2, 0.25) is 0 Å². The summed E-state index contributed by atoms with van der Waals surface area (Å²) < 4.78 is 25.9. The molecule has 2 rings (SSSR count). The van der Waals surface area contributed by atoms with Gasteiger partial charge in [0.1, 0.15) is 0 Å². The summed E-state index contributed by atoms with van der Waals surface area (Å²) in [4.78, 5) is 20.9. The van der Waals surface area contributed by atoms with Crippen LogP contribution in [0.1, 0.15) is 12.8 Å². The molecule has 0 saturated carbocycles. The van der Waals surface area contributed by atoms with Crippen LogP contribution in [0.3, 0.4) is 0 Å². The van der Waals surface area contributed by atoms with Gasteiger partial charge in [0, 0.05) is 25.2 Å². The molecule has 0 aliphatic carbocycles. The van der Waals surface area contributed by atoms with Crippen LogP contribution < -0.4 is 0 Å². The second kappa shape index (κ2) is 5.78. The summed E-state index contributed by atoms with van der Waals surface area (Å²) in [6.07, 6.45) is 0.921. The highest BCUT2D eigenvalue weighted by Crippen LogP contribution is 2.25. The number of nitrogens with zero attached hydrogens (tertiary/aromatic N) is 2. The van der Waals surface area contributed by atoms with Crippen molar-refractivity contribution in [2.24, 2.45) is 5.92 Å². The first-order valence-corrected chi connectivity index (χ1v) is 7.74. The van der Waals surface area contributed by atoms with Gasteiger partial charge in [0.2, 0.25) is 10.0 Å². The van der Waals surface area contributed by atoms with E-state index in [0.717, 1.165) is 28.6 Å². The van der Waals surface area contributed by atoms with E-state index in [4.69, 9.17) is 5.11 Å². The molecule has 1 fully saturated rings. The molecule has 21 heavy (non-hydrogen) atoms. The Bertz CT molecular complexity index is 655. The minimum absolute atomic E-state index is 0.0702. The topological polar surface area (TPSA) is 118 Å². The molecule has 1 saturated heterocycles. The van der Waals surface area contributed by atoms with Crippen LogP contribution in [0.25, 0.3) is 0 Å². The van der Waals surface area contributed by atoms with Gasteiger partial charge in [0.05, 0.1) is 15.7 Å². The van der Waals surface area contributed by atoms with E-state index in [0.29, 0.717) is 12.8 Å². The van der Waals surface area contributed by atoms with Gasteiger partial charge in [-0.3, -0.25) is 14.9 Å². The number of carboxylic acids is 1. The van der Waals surface area contributed by atoms with Gasteiger partial charge in [-0.15, -0.1) is 0 Å². The maximum absolute atomic E-state index is 12.4. The molecular weight excluding hydrogens is 300 g/mol. The monoisotopic (exact) mass is 314 g/mol. The lowest BCUT2D eigenvalue weighted by molar-refractivity contribution is -0.384. The van der Waals surface area contributed by atoms with Crippen LogP contribution in [-0.4, -0.2) is 41.8 Å². The Morgan fingerprint density at radius 2 is 1.95 bits per heavy atom. The van der Waals surface area contributed by atoms with E-state index in [2.05, 4.69) is 0 Å². The number of piperidine rings is 1. The van der Waals surface area contributed by atoms with E-state index in [1.807, 2.05) is 0 Å². The lowest BCUT2D eigenvalue weighted by Gasteiger charge is -2.29. The summed E-state index contributed by atoms with van der Waals surface area (Å²) in [5.41, 5.74) is -0.198. The molecule has 0 radical (unpaired) electrons. The Kier molecular flexibility index (Phi) is 4.24. The van der Waals surface area contributed by atoms with Crippen molar-refractivity contribution in [3.63, 3.8) is 0 Å².